The summed E-state index contributed by atoms with van der Waals surface area (Å²) in [4.78, 5) is 5.95. The summed E-state index contributed by atoms with van der Waals surface area (Å²) in [6.45, 7) is 1.50. The number of halogens is 4. The standard InChI is InChI=1S/C18H14F4N2O2S/c1-2-27(25,26)14-9-5-12(6-10-14)16-15(11-3-7-13(19)8-4-11)23-17(24-16)18(20,21)22/h3-10H,2H2,1H3,(H,23,24). The maximum Gasteiger partial charge on any atom is 0.449 e. The highest BCUT2D eigenvalue weighted by Crippen LogP contribution is 2.36. The molecule has 0 fully saturated rings. The van der Waals surface area contributed by atoms with Crippen molar-refractivity contribution in [2.45, 2.75) is 18.0 Å². The molecule has 3 aromatic rings. The molecular formula is C18H14F4N2O2S. The molecule has 1 N–H and O–H groups in total. The molecule has 0 aliphatic carbocycles. The van der Waals surface area contributed by atoms with Gasteiger partial charge in [-0.25, -0.2) is 17.8 Å². The number of nitrogens with one attached hydrogen (secondary N) is 1. The van der Waals surface area contributed by atoms with E-state index in [-0.39, 0.29) is 22.0 Å². The monoisotopic (exact) mass is 398 g/mol. The van der Waals surface area contributed by atoms with Gasteiger partial charge in [-0.1, -0.05) is 19.1 Å². The van der Waals surface area contributed by atoms with Crippen LogP contribution in [-0.4, -0.2) is 24.1 Å². The number of rotatable bonds is 4. The molecule has 1 aromatic heterocycles. The van der Waals surface area contributed by atoms with Crippen molar-refractivity contribution in [1.82, 2.24) is 9.97 Å². The minimum Gasteiger partial charge on any atom is -0.334 e. The minimum absolute atomic E-state index is 0.00520. The second-order valence-corrected chi connectivity index (χ2v) is 8.02. The summed E-state index contributed by atoms with van der Waals surface area (Å²) in [6.07, 6.45) is -4.70. The first-order valence-corrected chi connectivity index (χ1v) is 9.53. The molecule has 27 heavy (non-hydrogen) atoms. The van der Waals surface area contributed by atoms with Gasteiger partial charge in [0.05, 0.1) is 22.0 Å². The molecule has 0 radical (unpaired) electrons. The zero-order chi connectivity index (χ0) is 19.8. The highest BCUT2D eigenvalue weighted by Gasteiger charge is 2.36. The fourth-order valence-corrected chi connectivity index (χ4v) is 3.41. The quantitative estimate of drug-likeness (QED) is 0.649. The van der Waals surface area contributed by atoms with Crippen molar-refractivity contribution in [2.24, 2.45) is 0 Å². The molecule has 0 spiro atoms. The first-order chi connectivity index (χ1) is 12.6. The molecule has 0 saturated heterocycles. The Morgan fingerprint density at radius 3 is 2.04 bits per heavy atom. The average Bonchev–Trinajstić information content (AvgIpc) is 3.08. The summed E-state index contributed by atoms with van der Waals surface area (Å²) in [5.41, 5.74) is 0.679. The molecule has 0 bridgehead atoms. The van der Waals surface area contributed by atoms with Crippen LogP contribution in [-0.2, 0) is 16.0 Å². The Balaban J connectivity index is 2.14. The summed E-state index contributed by atoms with van der Waals surface area (Å²) in [5, 5.41) is 0. The topological polar surface area (TPSA) is 62.8 Å². The number of benzene rings is 2. The third-order valence-electron chi connectivity index (χ3n) is 3.97. The van der Waals surface area contributed by atoms with Crippen molar-refractivity contribution in [1.29, 1.82) is 0 Å². The van der Waals surface area contributed by atoms with E-state index in [2.05, 4.69) is 9.97 Å². The van der Waals surface area contributed by atoms with Crippen molar-refractivity contribution in [2.75, 3.05) is 5.75 Å². The lowest BCUT2D eigenvalue weighted by Crippen LogP contribution is -2.07. The number of hydrogen-bond acceptors (Lipinski definition) is 3. The second-order valence-electron chi connectivity index (χ2n) is 5.74. The largest absolute Gasteiger partial charge is 0.449 e. The van der Waals surface area contributed by atoms with E-state index in [1.807, 2.05) is 0 Å². The molecule has 9 heteroatoms. The van der Waals surface area contributed by atoms with Crippen molar-refractivity contribution < 1.29 is 26.0 Å². The summed E-state index contributed by atoms with van der Waals surface area (Å²) < 4.78 is 76.3. The van der Waals surface area contributed by atoms with Crippen LogP contribution in [0.5, 0.6) is 0 Å². The zero-order valence-corrected chi connectivity index (χ0v) is 14.8. The molecule has 3 rings (SSSR count). The number of H-pyrrole nitrogens is 1. The molecule has 0 unspecified atom stereocenters. The van der Waals surface area contributed by atoms with Crippen LogP contribution in [0.3, 0.4) is 0 Å². The Kier molecular flexibility index (Phi) is 4.81. The number of alkyl halides is 3. The van der Waals surface area contributed by atoms with Gasteiger partial charge in [0.15, 0.2) is 9.84 Å². The van der Waals surface area contributed by atoms with Gasteiger partial charge in [0.25, 0.3) is 0 Å². The van der Waals surface area contributed by atoms with E-state index in [1.54, 1.807) is 0 Å². The van der Waals surface area contributed by atoms with E-state index in [0.29, 0.717) is 11.1 Å². The lowest BCUT2D eigenvalue weighted by atomic mass is 10.1. The Labute approximate surface area is 152 Å². The van der Waals surface area contributed by atoms with Gasteiger partial charge in [-0.05, 0) is 36.4 Å². The number of aromatic nitrogens is 2. The third-order valence-corrected chi connectivity index (χ3v) is 5.72. The van der Waals surface area contributed by atoms with Crippen LogP contribution < -0.4 is 0 Å². The highest BCUT2D eigenvalue weighted by molar-refractivity contribution is 7.91. The van der Waals surface area contributed by atoms with E-state index in [9.17, 15) is 26.0 Å². The van der Waals surface area contributed by atoms with Crippen LogP contribution in [0.25, 0.3) is 22.5 Å². The van der Waals surface area contributed by atoms with Crippen LogP contribution in [0.15, 0.2) is 53.4 Å². The molecule has 2 aromatic carbocycles. The molecule has 0 aliphatic rings. The van der Waals surface area contributed by atoms with Crippen molar-refractivity contribution in [3.05, 3.63) is 60.2 Å². The molecule has 0 amide bonds. The second kappa shape index (κ2) is 6.80. The first kappa shape index (κ1) is 19.1. The number of imidazole rings is 1. The van der Waals surface area contributed by atoms with E-state index in [4.69, 9.17) is 0 Å². The molecule has 0 atom stereocenters. The van der Waals surface area contributed by atoms with Gasteiger partial charge in [-0.3, -0.25) is 0 Å². The van der Waals surface area contributed by atoms with Crippen LogP contribution in [0, 0.1) is 5.82 Å². The molecule has 142 valence electrons. The van der Waals surface area contributed by atoms with Crippen molar-refractivity contribution in [3.63, 3.8) is 0 Å². The summed E-state index contributed by atoms with van der Waals surface area (Å²) in [7, 11) is -3.43. The van der Waals surface area contributed by atoms with E-state index in [1.165, 1.54) is 43.3 Å². The Hall–Kier alpha value is -2.68. The van der Waals surface area contributed by atoms with Crippen LogP contribution in [0.4, 0.5) is 17.6 Å². The van der Waals surface area contributed by atoms with Crippen molar-refractivity contribution >= 4 is 9.84 Å². The number of sulfone groups is 1. The predicted molar refractivity (Wildman–Crippen MR) is 92.1 cm³/mol. The Morgan fingerprint density at radius 2 is 1.52 bits per heavy atom. The van der Waals surface area contributed by atoms with E-state index in [0.717, 1.165) is 12.1 Å². The average molecular weight is 398 g/mol. The normalized spacial score (nSPS) is 12.3. The Morgan fingerprint density at radius 1 is 0.963 bits per heavy atom. The molecule has 1 heterocycles. The maximum absolute atomic E-state index is 13.1. The Bertz CT molecular complexity index is 1050. The predicted octanol–water partition coefficient (Wildman–Crippen LogP) is 4.70. The van der Waals surface area contributed by atoms with Gasteiger partial charge in [-0.15, -0.1) is 0 Å². The molecule has 4 nitrogen and oxygen atoms in total. The summed E-state index contributed by atoms with van der Waals surface area (Å²) in [5.74, 6) is -1.81. The number of nitrogens with zero attached hydrogens (tertiary/aromatic N) is 1. The summed E-state index contributed by atoms with van der Waals surface area (Å²) in [6, 6.07) is 10.4. The number of aromatic amines is 1. The summed E-state index contributed by atoms with van der Waals surface area (Å²) >= 11 is 0. The molecule has 0 saturated carbocycles. The number of hydrogen-bond donors (Lipinski definition) is 1. The van der Waals surface area contributed by atoms with Gasteiger partial charge < -0.3 is 4.98 Å². The molecule has 0 aliphatic heterocycles. The smallest absolute Gasteiger partial charge is 0.334 e. The third kappa shape index (κ3) is 3.87. The SMILES string of the molecule is CCS(=O)(=O)c1ccc(-c2nc(C(F)(F)F)[nH]c2-c2ccc(F)cc2)cc1. The van der Waals surface area contributed by atoms with Gasteiger partial charge in [0, 0.05) is 11.1 Å². The van der Waals surface area contributed by atoms with Gasteiger partial charge in [0.2, 0.25) is 5.82 Å². The van der Waals surface area contributed by atoms with Crippen LogP contribution >= 0.6 is 0 Å². The first-order valence-electron chi connectivity index (χ1n) is 7.88. The van der Waals surface area contributed by atoms with Crippen LogP contribution in [0.2, 0.25) is 0 Å². The maximum atomic E-state index is 13.1. The lowest BCUT2D eigenvalue weighted by Gasteiger charge is -2.05. The fraction of sp³-hybridized carbons (Fsp3) is 0.167. The zero-order valence-electron chi connectivity index (χ0n) is 14.0. The van der Waals surface area contributed by atoms with Gasteiger partial charge in [-0.2, -0.15) is 13.2 Å². The highest BCUT2D eigenvalue weighted by atomic mass is 32.2. The minimum atomic E-state index is -4.70. The van der Waals surface area contributed by atoms with Crippen molar-refractivity contribution in [3.8, 4) is 22.5 Å². The van der Waals surface area contributed by atoms with Gasteiger partial charge >= 0.3 is 6.18 Å². The molecular weight excluding hydrogens is 384 g/mol. The van der Waals surface area contributed by atoms with E-state index < -0.39 is 27.7 Å². The van der Waals surface area contributed by atoms with Gasteiger partial charge in [0.1, 0.15) is 5.82 Å². The van der Waals surface area contributed by atoms with Crippen LogP contribution in [0.1, 0.15) is 12.7 Å². The van der Waals surface area contributed by atoms with E-state index >= 15 is 0 Å². The fourth-order valence-electron chi connectivity index (χ4n) is 2.53. The lowest BCUT2D eigenvalue weighted by molar-refractivity contribution is -0.144.